The van der Waals surface area contributed by atoms with Crippen molar-refractivity contribution in [3.05, 3.63) is 71.8 Å². The van der Waals surface area contributed by atoms with Gasteiger partial charge in [-0.2, -0.15) is 5.10 Å². The summed E-state index contributed by atoms with van der Waals surface area (Å²) in [6.45, 7) is 1.80. The number of benzene rings is 2. The molecule has 1 fully saturated rings. The first-order valence-corrected chi connectivity index (χ1v) is 9.65. The van der Waals surface area contributed by atoms with Crippen molar-refractivity contribution < 1.29 is 13.9 Å². The molecular formula is C22H23FN4O2. The van der Waals surface area contributed by atoms with Gasteiger partial charge in [-0.1, -0.05) is 0 Å². The third kappa shape index (κ3) is 4.14. The van der Waals surface area contributed by atoms with Crippen LogP contribution in [0.5, 0.6) is 5.75 Å². The summed E-state index contributed by atoms with van der Waals surface area (Å²) in [7, 11) is 1.63. The van der Waals surface area contributed by atoms with E-state index in [4.69, 9.17) is 4.74 Å². The fourth-order valence-electron chi connectivity index (χ4n) is 3.68. The number of piperidine rings is 1. The number of amides is 1. The van der Waals surface area contributed by atoms with Crippen molar-refractivity contribution in [3.63, 3.8) is 0 Å². The smallest absolute Gasteiger partial charge is 0.259 e. The first-order chi connectivity index (χ1) is 14.2. The van der Waals surface area contributed by atoms with Gasteiger partial charge in [0.2, 0.25) is 0 Å². The van der Waals surface area contributed by atoms with Gasteiger partial charge in [0.25, 0.3) is 5.91 Å². The lowest BCUT2D eigenvalue weighted by atomic mass is 9.91. The van der Waals surface area contributed by atoms with Crippen LogP contribution in [0, 0.1) is 5.82 Å². The first-order valence-electron chi connectivity index (χ1n) is 9.65. The maximum absolute atomic E-state index is 13.2. The number of carbonyl (C=O) groups excluding carboxylic acids is 1. The summed E-state index contributed by atoms with van der Waals surface area (Å²) in [5, 5.41) is 10.7. The summed E-state index contributed by atoms with van der Waals surface area (Å²) in [4.78, 5) is 13.0. The minimum absolute atomic E-state index is 0.217. The molecule has 0 unspecified atom stereocenters. The SMILES string of the molecule is COc1ccc(-n2ncc(C(=O)Nc3ccc(F)cc3)c2C2CCNCC2)cc1. The summed E-state index contributed by atoms with van der Waals surface area (Å²) >= 11 is 0. The van der Waals surface area contributed by atoms with E-state index in [0.717, 1.165) is 43.1 Å². The number of nitrogens with zero attached hydrogens (tertiary/aromatic N) is 2. The van der Waals surface area contributed by atoms with Crippen molar-refractivity contribution in [2.75, 3.05) is 25.5 Å². The van der Waals surface area contributed by atoms with E-state index in [-0.39, 0.29) is 17.6 Å². The summed E-state index contributed by atoms with van der Waals surface area (Å²) < 4.78 is 20.2. The Kier molecular flexibility index (Phi) is 5.57. The van der Waals surface area contributed by atoms with Gasteiger partial charge in [0, 0.05) is 11.6 Å². The average Bonchev–Trinajstić information content (AvgIpc) is 3.21. The van der Waals surface area contributed by atoms with Gasteiger partial charge in [-0.25, -0.2) is 9.07 Å². The normalized spacial score (nSPS) is 14.6. The number of halogens is 1. The lowest BCUT2D eigenvalue weighted by Crippen LogP contribution is -2.29. The van der Waals surface area contributed by atoms with E-state index in [1.165, 1.54) is 12.1 Å². The van der Waals surface area contributed by atoms with Gasteiger partial charge in [-0.05, 0) is 74.5 Å². The zero-order valence-electron chi connectivity index (χ0n) is 16.2. The first kappa shape index (κ1) is 19.1. The van der Waals surface area contributed by atoms with Crippen LogP contribution in [-0.2, 0) is 0 Å². The molecule has 2 heterocycles. The van der Waals surface area contributed by atoms with Crippen LogP contribution in [0.15, 0.2) is 54.7 Å². The van der Waals surface area contributed by atoms with E-state index < -0.39 is 0 Å². The van der Waals surface area contributed by atoms with Gasteiger partial charge in [0.15, 0.2) is 0 Å². The van der Waals surface area contributed by atoms with E-state index in [0.29, 0.717) is 11.3 Å². The van der Waals surface area contributed by atoms with Gasteiger partial charge in [-0.15, -0.1) is 0 Å². The molecule has 1 aromatic heterocycles. The number of carbonyl (C=O) groups is 1. The molecule has 6 nitrogen and oxygen atoms in total. The molecule has 0 saturated carbocycles. The molecule has 0 aliphatic carbocycles. The van der Waals surface area contributed by atoms with Crippen LogP contribution in [0.2, 0.25) is 0 Å². The van der Waals surface area contributed by atoms with Crippen LogP contribution in [0.1, 0.15) is 34.8 Å². The number of hydrogen-bond acceptors (Lipinski definition) is 4. The van der Waals surface area contributed by atoms with Crippen LogP contribution < -0.4 is 15.4 Å². The van der Waals surface area contributed by atoms with Crippen molar-refractivity contribution in [3.8, 4) is 11.4 Å². The summed E-state index contributed by atoms with van der Waals surface area (Å²) in [6.07, 6.45) is 3.47. The number of aromatic nitrogens is 2. The third-order valence-corrected chi connectivity index (χ3v) is 5.20. The Hall–Kier alpha value is -3.19. The lowest BCUT2D eigenvalue weighted by Gasteiger charge is -2.24. The Morgan fingerprint density at radius 1 is 1.14 bits per heavy atom. The minimum atomic E-state index is -0.342. The van der Waals surface area contributed by atoms with Crippen molar-refractivity contribution in [2.45, 2.75) is 18.8 Å². The fraction of sp³-hybridized carbons (Fsp3) is 0.273. The largest absolute Gasteiger partial charge is 0.497 e. The molecular weight excluding hydrogens is 371 g/mol. The second-order valence-electron chi connectivity index (χ2n) is 7.04. The molecule has 4 rings (SSSR count). The van der Waals surface area contributed by atoms with E-state index in [2.05, 4.69) is 15.7 Å². The quantitative estimate of drug-likeness (QED) is 0.692. The van der Waals surface area contributed by atoms with Gasteiger partial charge in [0.1, 0.15) is 11.6 Å². The summed E-state index contributed by atoms with van der Waals surface area (Å²) in [6, 6.07) is 13.4. The van der Waals surface area contributed by atoms with E-state index >= 15 is 0 Å². The standard InChI is InChI=1S/C22H23FN4O2/c1-29-19-8-6-18(7-9-19)27-21(15-10-12-24-13-11-15)20(14-25-27)22(28)26-17-4-2-16(23)3-5-17/h2-9,14-15,24H,10-13H2,1H3,(H,26,28). The van der Waals surface area contributed by atoms with Gasteiger partial charge < -0.3 is 15.4 Å². The third-order valence-electron chi connectivity index (χ3n) is 5.20. The molecule has 1 aliphatic rings. The highest BCUT2D eigenvalue weighted by atomic mass is 19.1. The Morgan fingerprint density at radius 2 is 1.83 bits per heavy atom. The predicted molar refractivity (Wildman–Crippen MR) is 109 cm³/mol. The lowest BCUT2D eigenvalue weighted by molar-refractivity contribution is 0.102. The molecule has 3 aromatic rings. The number of nitrogens with one attached hydrogen (secondary N) is 2. The summed E-state index contributed by atoms with van der Waals surface area (Å²) in [5.74, 6) is 0.393. The van der Waals surface area contributed by atoms with Gasteiger partial charge >= 0.3 is 0 Å². The van der Waals surface area contributed by atoms with E-state index in [9.17, 15) is 9.18 Å². The molecule has 0 atom stereocenters. The van der Waals surface area contributed by atoms with Crippen LogP contribution in [0.3, 0.4) is 0 Å². The zero-order chi connectivity index (χ0) is 20.2. The van der Waals surface area contributed by atoms with Crippen LogP contribution >= 0.6 is 0 Å². The molecule has 150 valence electrons. The monoisotopic (exact) mass is 394 g/mol. The number of anilines is 1. The van der Waals surface area contributed by atoms with Crippen molar-refractivity contribution in [1.82, 2.24) is 15.1 Å². The minimum Gasteiger partial charge on any atom is -0.497 e. The highest BCUT2D eigenvalue weighted by Crippen LogP contribution is 2.31. The van der Waals surface area contributed by atoms with Gasteiger partial charge in [0.05, 0.1) is 30.3 Å². The highest BCUT2D eigenvalue weighted by Gasteiger charge is 2.27. The maximum Gasteiger partial charge on any atom is 0.259 e. The Morgan fingerprint density at radius 3 is 2.48 bits per heavy atom. The number of ether oxygens (including phenoxy) is 1. The van der Waals surface area contributed by atoms with Crippen LogP contribution in [0.4, 0.5) is 10.1 Å². The summed E-state index contributed by atoms with van der Waals surface area (Å²) in [5.41, 5.74) is 2.86. The maximum atomic E-state index is 13.2. The molecule has 2 N–H and O–H groups in total. The second kappa shape index (κ2) is 8.45. The molecule has 1 aliphatic heterocycles. The van der Waals surface area contributed by atoms with E-state index in [1.807, 2.05) is 28.9 Å². The average molecular weight is 394 g/mol. The Bertz CT molecular complexity index is 977. The van der Waals surface area contributed by atoms with Gasteiger partial charge in [-0.3, -0.25) is 4.79 Å². The highest BCUT2D eigenvalue weighted by molar-refractivity contribution is 6.05. The second-order valence-corrected chi connectivity index (χ2v) is 7.04. The molecule has 0 radical (unpaired) electrons. The fourth-order valence-corrected chi connectivity index (χ4v) is 3.68. The number of hydrogen-bond donors (Lipinski definition) is 2. The van der Waals surface area contributed by atoms with Crippen LogP contribution in [0.25, 0.3) is 5.69 Å². The molecule has 0 bridgehead atoms. The van der Waals surface area contributed by atoms with Crippen molar-refractivity contribution >= 4 is 11.6 Å². The zero-order valence-corrected chi connectivity index (χ0v) is 16.2. The molecule has 1 saturated heterocycles. The van der Waals surface area contributed by atoms with Crippen molar-refractivity contribution in [1.29, 1.82) is 0 Å². The topological polar surface area (TPSA) is 68.2 Å². The van der Waals surface area contributed by atoms with Crippen LogP contribution in [-0.4, -0.2) is 35.9 Å². The molecule has 1 amide bonds. The molecule has 29 heavy (non-hydrogen) atoms. The predicted octanol–water partition coefficient (Wildman–Crippen LogP) is 3.74. The number of methoxy groups -OCH3 is 1. The Labute approximate surface area is 168 Å². The molecule has 0 spiro atoms. The number of rotatable bonds is 5. The molecule has 2 aromatic carbocycles. The van der Waals surface area contributed by atoms with E-state index in [1.54, 1.807) is 25.4 Å². The molecule has 7 heteroatoms. The Balaban J connectivity index is 1.69. The van der Waals surface area contributed by atoms with Crippen molar-refractivity contribution in [2.24, 2.45) is 0 Å².